The number of anilines is 1. The molecule has 0 bridgehead atoms. The summed E-state index contributed by atoms with van der Waals surface area (Å²) < 4.78 is 5.20. The molecule has 0 radical (unpaired) electrons. The number of hydrogen-bond donors (Lipinski definition) is 1. The molecular formula is C22H23NO4S. The molecular weight excluding hydrogens is 374 g/mol. The third-order valence-corrected chi connectivity index (χ3v) is 6.33. The van der Waals surface area contributed by atoms with Crippen LogP contribution < -0.4 is 5.32 Å². The number of benzene rings is 2. The number of para-hydroxylation sites is 1. The second-order valence-corrected chi connectivity index (χ2v) is 8.26. The number of esters is 1. The van der Waals surface area contributed by atoms with Gasteiger partial charge in [0.05, 0.1) is 17.4 Å². The van der Waals surface area contributed by atoms with Crippen LogP contribution in [0.1, 0.15) is 39.0 Å². The topological polar surface area (TPSA) is 72.5 Å². The Morgan fingerprint density at radius 2 is 1.79 bits per heavy atom. The fourth-order valence-electron chi connectivity index (χ4n) is 3.37. The van der Waals surface area contributed by atoms with E-state index < -0.39 is 11.2 Å². The van der Waals surface area contributed by atoms with E-state index in [9.17, 15) is 14.4 Å². The van der Waals surface area contributed by atoms with Gasteiger partial charge in [0.1, 0.15) is 0 Å². The first-order valence-corrected chi connectivity index (χ1v) is 9.98. The molecule has 3 rings (SSSR count). The Hall–Kier alpha value is -2.60. The normalized spacial score (nSPS) is 15.6. The monoisotopic (exact) mass is 397 g/mol. The van der Waals surface area contributed by atoms with Crippen LogP contribution in [-0.2, 0) is 14.3 Å². The van der Waals surface area contributed by atoms with Gasteiger partial charge in [0, 0.05) is 10.5 Å². The van der Waals surface area contributed by atoms with Crippen molar-refractivity contribution in [3.05, 3.63) is 58.1 Å². The number of amides is 1. The van der Waals surface area contributed by atoms with Gasteiger partial charge < -0.3 is 10.1 Å². The first-order valence-electron chi connectivity index (χ1n) is 9.10. The number of fused-ring (bicyclic) bond motifs is 1. The molecule has 1 aliphatic heterocycles. The number of rotatable bonds is 5. The van der Waals surface area contributed by atoms with Gasteiger partial charge in [-0.15, -0.1) is 11.8 Å². The minimum atomic E-state index is -0.567. The Morgan fingerprint density at radius 3 is 2.54 bits per heavy atom. The van der Waals surface area contributed by atoms with Gasteiger partial charge in [0.2, 0.25) is 11.7 Å². The van der Waals surface area contributed by atoms with Crippen LogP contribution in [0.15, 0.2) is 35.2 Å². The minimum Gasteiger partial charge on any atom is -0.457 e. The summed E-state index contributed by atoms with van der Waals surface area (Å²) in [5.74, 6) is -1.01. The van der Waals surface area contributed by atoms with Crippen molar-refractivity contribution in [2.75, 3.05) is 11.9 Å². The minimum absolute atomic E-state index is 0.0804. The summed E-state index contributed by atoms with van der Waals surface area (Å²) in [6.07, 6.45) is -0.0804. The second kappa shape index (κ2) is 8.19. The highest BCUT2D eigenvalue weighted by atomic mass is 32.2. The molecule has 6 heteroatoms. The number of hydrogen-bond acceptors (Lipinski definition) is 5. The Morgan fingerprint density at radius 1 is 1.07 bits per heavy atom. The largest absolute Gasteiger partial charge is 0.457 e. The van der Waals surface area contributed by atoms with Gasteiger partial charge in [0.15, 0.2) is 6.61 Å². The van der Waals surface area contributed by atoms with Crippen molar-refractivity contribution >= 4 is 35.1 Å². The maximum absolute atomic E-state index is 12.6. The summed E-state index contributed by atoms with van der Waals surface area (Å²) in [7, 11) is 0. The van der Waals surface area contributed by atoms with E-state index in [1.165, 1.54) is 11.8 Å². The predicted octanol–water partition coefficient (Wildman–Crippen LogP) is 4.15. The number of carbonyl (C=O) groups is 3. The fourth-order valence-corrected chi connectivity index (χ4v) is 4.46. The molecule has 2 aromatic carbocycles. The van der Waals surface area contributed by atoms with E-state index in [4.69, 9.17) is 4.74 Å². The maximum atomic E-state index is 12.6. The van der Waals surface area contributed by atoms with Crippen molar-refractivity contribution in [1.82, 2.24) is 0 Å². The Balaban J connectivity index is 1.62. The molecule has 28 heavy (non-hydrogen) atoms. The van der Waals surface area contributed by atoms with E-state index in [1.54, 1.807) is 0 Å². The van der Waals surface area contributed by atoms with Gasteiger partial charge in [-0.25, -0.2) is 0 Å². The summed E-state index contributed by atoms with van der Waals surface area (Å²) in [6.45, 7) is 7.46. The molecule has 1 amide bonds. The highest BCUT2D eigenvalue weighted by Gasteiger charge is 2.29. The molecule has 0 unspecified atom stereocenters. The Labute approximate surface area is 168 Å². The summed E-state index contributed by atoms with van der Waals surface area (Å²) in [5.41, 5.74) is 5.34. The van der Waals surface area contributed by atoms with Crippen molar-refractivity contribution in [3.8, 4) is 0 Å². The van der Waals surface area contributed by atoms with E-state index in [1.807, 2.05) is 58.0 Å². The van der Waals surface area contributed by atoms with Gasteiger partial charge >= 0.3 is 5.97 Å². The number of nitrogens with one attached hydrogen (secondary N) is 1. The molecule has 0 saturated heterocycles. The van der Waals surface area contributed by atoms with E-state index in [2.05, 4.69) is 5.32 Å². The van der Waals surface area contributed by atoms with E-state index in [-0.39, 0.29) is 24.7 Å². The van der Waals surface area contributed by atoms with E-state index in [0.717, 1.165) is 32.8 Å². The van der Waals surface area contributed by atoms with Crippen molar-refractivity contribution in [2.45, 2.75) is 44.3 Å². The van der Waals surface area contributed by atoms with Crippen LogP contribution in [0.2, 0.25) is 0 Å². The number of ketones is 1. The van der Waals surface area contributed by atoms with Crippen LogP contribution in [0, 0.1) is 27.7 Å². The lowest BCUT2D eigenvalue weighted by atomic mass is 9.92. The fraction of sp³-hybridized carbons (Fsp3) is 0.318. The average Bonchev–Trinajstić information content (AvgIpc) is 2.65. The van der Waals surface area contributed by atoms with Crippen LogP contribution in [0.4, 0.5) is 5.69 Å². The highest BCUT2D eigenvalue weighted by Crippen LogP contribution is 2.36. The van der Waals surface area contributed by atoms with Crippen molar-refractivity contribution in [1.29, 1.82) is 0 Å². The molecule has 5 nitrogen and oxygen atoms in total. The summed E-state index contributed by atoms with van der Waals surface area (Å²) >= 11 is 1.33. The zero-order chi connectivity index (χ0) is 20.4. The lowest BCUT2D eigenvalue weighted by Crippen LogP contribution is -2.31. The maximum Gasteiger partial charge on any atom is 0.307 e. The SMILES string of the molecule is Cc1cc(C)c(C(=O)COC(=O)C[C@@H]2Sc3ccccc3NC2=O)c(C)c1C. The number of ether oxygens (including phenoxy) is 1. The van der Waals surface area contributed by atoms with Crippen LogP contribution in [0.5, 0.6) is 0 Å². The smallest absolute Gasteiger partial charge is 0.307 e. The predicted molar refractivity (Wildman–Crippen MR) is 110 cm³/mol. The number of carbonyl (C=O) groups excluding carboxylic acids is 3. The lowest BCUT2D eigenvalue weighted by molar-refractivity contribution is -0.143. The lowest BCUT2D eigenvalue weighted by Gasteiger charge is -2.23. The first-order chi connectivity index (χ1) is 13.3. The second-order valence-electron chi connectivity index (χ2n) is 7.02. The number of aryl methyl sites for hydroxylation is 2. The summed E-state index contributed by atoms with van der Waals surface area (Å²) in [5, 5.41) is 2.23. The number of Topliss-reactive ketones (excluding diaryl/α,β-unsaturated/α-hetero) is 1. The van der Waals surface area contributed by atoms with E-state index in [0.29, 0.717) is 5.56 Å². The van der Waals surface area contributed by atoms with Crippen molar-refractivity contribution in [2.24, 2.45) is 0 Å². The standard InChI is InChI=1S/C22H23NO4S/c1-12-9-13(2)21(15(4)14(12)3)17(24)11-27-20(25)10-19-22(26)23-16-7-5-6-8-18(16)28-19/h5-9,19H,10-11H2,1-4H3,(H,23,26)/t19-/m0/s1. The zero-order valence-corrected chi connectivity index (χ0v) is 17.2. The molecule has 1 N–H and O–H groups in total. The highest BCUT2D eigenvalue weighted by molar-refractivity contribution is 8.01. The van der Waals surface area contributed by atoms with Crippen LogP contribution in [0.3, 0.4) is 0 Å². The van der Waals surface area contributed by atoms with Gasteiger partial charge in [-0.3, -0.25) is 14.4 Å². The molecule has 2 aromatic rings. The molecule has 1 heterocycles. The molecule has 0 aliphatic carbocycles. The van der Waals surface area contributed by atoms with Crippen LogP contribution >= 0.6 is 11.8 Å². The van der Waals surface area contributed by atoms with Crippen LogP contribution in [-0.4, -0.2) is 29.5 Å². The third-order valence-electron chi connectivity index (χ3n) is 5.06. The van der Waals surface area contributed by atoms with Gasteiger partial charge in [0.25, 0.3) is 0 Å². The molecule has 0 fully saturated rings. The van der Waals surface area contributed by atoms with Crippen molar-refractivity contribution < 1.29 is 19.1 Å². The average molecular weight is 397 g/mol. The molecule has 0 aromatic heterocycles. The quantitative estimate of drug-likeness (QED) is 0.606. The van der Waals surface area contributed by atoms with Crippen molar-refractivity contribution in [3.63, 3.8) is 0 Å². The molecule has 1 atom stereocenters. The summed E-state index contributed by atoms with van der Waals surface area (Å²) in [4.78, 5) is 38.0. The van der Waals surface area contributed by atoms with Gasteiger partial charge in [-0.2, -0.15) is 0 Å². The third kappa shape index (κ3) is 4.12. The molecule has 146 valence electrons. The zero-order valence-electron chi connectivity index (χ0n) is 16.4. The van der Waals surface area contributed by atoms with Gasteiger partial charge in [-0.05, 0) is 62.1 Å². The van der Waals surface area contributed by atoms with E-state index >= 15 is 0 Å². The first kappa shape index (κ1) is 20.1. The number of thioether (sulfide) groups is 1. The summed E-state index contributed by atoms with van der Waals surface area (Å²) in [6, 6.07) is 9.41. The van der Waals surface area contributed by atoms with Gasteiger partial charge in [-0.1, -0.05) is 18.2 Å². The van der Waals surface area contributed by atoms with Crippen LogP contribution in [0.25, 0.3) is 0 Å². The Bertz CT molecular complexity index is 967. The Kier molecular flexibility index (Phi) is 5.89. The molecule has 0 saturated carbocycles. The molecule has 1 aliphatic rings. The molecule has 0 spiro atoms.